The lowest BCUT2D eigenvalue weighted by Crippen LogP contribution is -2.40. The maximum absolute atomic E-state index is 16.7. The van der Waals surface area contributed by atoms with E-state index in [1.165, 1.54) is 23.9 Å². The van der Waals surface area contributed by atoms with Gasteiger partial charge in [0.15, 0.2) is 34.7 Å². The van der Waals surface area contributed by atoms with E-state index in [-0.39, 0.29) is 66.7 Å². The molecule has 9 atom stereocenters. The SMILES string of the molecule is C=CCOP(=O)(OCCC#N)[C@]1(C)CC(n2cnc3c(=O)[nH]c(NC(=O)C(C)C)nc32)OC1COP(=O)(OCCC#N)OC1C(CO)OC(n2cnc3c(=O)[nH]c(NC(=O)C(C)C)nc32)[C@@H]1F. The molecule has 29 heteroatoms. The number of nitrogens with one attached hydrogen (secondary N) is 4. The summed E-state index contributed by atoms with van der Waals surface area (Å²) in [6, 6.07) is 3.70. The number of halogens is 1. The van der Waals surface area contributed by atoms with E-state index in [9.17, 15) is 43.9 Å². The first kappa shape index (κ1) is 50.8. The van der Waals surface area contributed by atoms with E-state index in [1.807, 2.05) is 12.1 Å². The van der Waals surface area contributed by atoms with E-state index in [2.05, 4.69) is 47.1 Å². The Labute approximate surface area is 380 Å². The van der Waals surface area contributed by atoms with Crippen LogP contribution in [-0.2, 0) is 50.8 Å². The second-order valence-electron chi connectivity index (χ2n) is 16.0. The molecule has 2 aliphatic heterocycles. The van der Waals surface area contributed by atoms with Crippen molar-refractivity contribution in [2.24, 2.45) is 11.8 Å². The largest absolute Gasteiger partial charge is 0.475 e. The molecule has 2 amide bonds. The van der Waals surface area contributed by atoms with E-state index >= 15 is 4.39 Å². The number of fused-ring (bicyclic) bond motifs is 2. The van der Waals surface area contributed by atoms with Crippen LogP contribution in [-0.4, -0.2) is 119 Å². The number of ether oxygens (including phenoxy) is 2. The average molecular weight is 979 g/mol. The highest BCUT2D eigenvalue weighted by molar-refractivity contribution is 7.55. The van der Waals surface area contributed by atoms with Crippen LogP contribution in [0.15, 0.2) is 34.9 Å². The quantitative estimate of drug-likeness (QED) is 0.0427. The number of carbonyl (C=O) groups excluding carboxylic acids is 2. The van der Waals surface area contributed by atoms with Crippen LogP contribution in [0.5, 0.6) is 0 Å². The van der Waals surface area contributed by atoms with Gasteiger partial charge in [0, 0.05) is 18.3 Å². The minimum atomic E-state index is -5.09. The minimum absolute atomic E-state index is 0.0698. The van der Waals surface area contributed by atoms with Gasteiger partial charge in [-0.3, -0.25) is 67.1 Å². The van der Waals surface area contributed by atoms with Gasteiger partial charge in [0.1, 0.15) is 29.7 Å². The summed E-state index contributed by atoms with van der Waals surface area (Å²) in [6.45, 7) is 8.54. The van der Waals surface area contributed by atoms with Crippen molar-refractivity contribution in [3.8, 4) is 12.1 Å². The van der Waals surface area contributed by atoms with Gasteiger partial charge >= 0.3 is 15.4 Å². The van der Waals surface area contributed by atoms with Crippen LogP contribution in [0, 0.1) is 34.5 Å². The number of alkyl halides is 1. The van der Waals surface area contributed by atoms with Crippen LogP contribution in [0.25, 0.3) is 22.3 Å². The molecular weight excluding hydrogens is 929 g/mol. The smallest absolute Gasteiger partial charge is 0.394 e. The molecule has 0 radical (unpaired) electrons. The molecule has 362 valence electrons. The summed E-state index contributed by atoms with van der Waals surface area (Å²) in [5.41, 5.74) is -2.21. The number of imidazole rings is 2. The molecule has 6 rings (SSSR count). The topological polar surface area (TPSA) is 352 Å². The lowest BCUT2D eigenvalue weighted by Gasteiger charge is -2.36. The zero-order valence-corrected chi connectivity index (χ0v) is 38.6. The van der Waals surface area contributed by atoms with Gasteiger partial charge in [-0.25, -0.2) is 18.9 Å². The number of hydrogen-bond donors (Lipinski definition) is 5. The molecule has 6 heterocycles. The number of hydrogen-bond acceptors (Lipinski definition) is 20. The molecular formula is C38H49FN12O14P2. The Morgan fingerprint density at radius 1 is 0.955 bits per heavy atom. The summed E-state index contributed by atoms with van der Waals surface area (Å²) in [4.78, 5) is 72.5. The Hall–Kier alpha value is -5.57. The van der Waals surface area contributed by atoms with Crippen LogP contribution >= 0.6 is 15.4 Å². The van der Waals surface area contributed by atoms with Crippen LogP contribution in [0.1, 0.15) is 66.3 Å². The predicted molar refractivity (Wildman–Crippen MR) is 231 cm³/mol. The van der Waals surface area contributed by atoms with Gasteiger partial charge in [0.2, 0.25) is 23.7 Å². The molecule has 7 unspecified atom stereocenters. The van der Waals surface area contributed by atoms with Crippen molar-refractivity contribution in [3.63, 3.8) is 0 Å². The number of aromatic nitrogens is 8. The number of nitriles is 2. The molecule has 5 N–H and O–H groups in total. The summed E-state index contributed by atoms with van der Waals surface area (Å²) < 4.78 is 89.6. The Morgan fingerprint density at radius 3 is 2.04 bits per heavy atom. The Kier molecular flexibility index (Phi) is 16.1. The number of rotatable bonds is 22. The Morgan fingerprint density at radius 2 is 1.51 bits per heavy atom. The summed E-state index contributed by atoms with van der Waals surface area (Å²) in [7, 11) is -9.56. The maximum atomic E-state index is 16.7. The second kappa shape index (κ2) is 21.2. The van der Waals surface area contributed by atoms with Gasteiger partial charge in [-0.1, -0.05) is 33.8 Å². The molecule has 2 fully saturated rings. The molecule has 67 heavy (non-hydrogen) atoms. The third-order valence-electron chi connectivity index (χ3n) is 10.6. The number of amides is 2. The van der Waals surface area contributed by atoms with Gasteiger partial charge in [-0.2, -0.15) is 20.5 Å². The van der Waals surface area contributed by atoms with Gasteiger partial charge in [-0.15, -0.1) is 6.58 Å². The molecule has 26 nitrogen and oxygen atoms in total. The Bertz CT molecular complexity index is 2780. The highest BCUT2D eigenvalue weighted by Crippen LogP contribution is 2.68. The lowest BCUT2D eigenvalue weighted by molar-refractivity contribution is -0.119. The molecule has 4 aromatic heterocycles. The molecule has 0 aromatic carbocycles. The highest BCUT2D eigenvalue weighted by Gasteiger charge is 2.60. The lowest BCUT2D eigenvalue weighted by atomic mass is 10.0. The van der Waals surface area contributed by atoms with Crippen molar-refractivity contribution in [1.29, 1.82) is 10.5 Å². The third-order valence-corrected chi connectivity index (χ3v) is 14.8. The number of phosphoric ester groups is 1. The maximum Gasteiger partial charge on any atom is 0.475 e. The second-order valence-corrected chi connectivity index (χ2v) is 20.1. The molecule has 2 saturated heterocycles. The molecule has 0 saturated carbocycles. The van der Waals surface area contributed by atoms with Gasteiger partial charge in [0.05, 0.1) is 70.7 Å². The standard InChI is InChI=1S/C38H49FN12O14P2/c1-7-12-59-66(57,60-13-8-10-40)38(6)15-24(50-18-42-26-29(50)44-36(48-33(26)55)46-31(53)20(2)3)64-23(38)17-62-67(58,61-14-9-11-41)65-28-22(16-52)63-35(25(28)39)51-19-43-27-30(51)45-37(49-34(27)56)47-32(54)21(4)5/h7,18-25,28,35,52H,1,8-9,12-17H2,2-6H3,(H2,44,46,48,53,55)(H2,45,47,49,54,56)/t22?,23?,24?,25-,28?,35?,38-,66?,67?/m1/s1. The zero-order valence-electron chi connectivity index (χ0n) is 36.8. The van der Waals surface area contributed by atoms with Crippen molar-refractivity contribution in [3.05, 3.63) is 46.0 Å². The predicted octanol–water partition coefficient (Wildman–Crippen LogP) is 3.48. The van der Waals surface area contributed by atoms with E-state index in [0.29, 0.717) is 0 Å². The van der Waals surface area contributed by atoms with Crippen molar-refractivity contribution in [2.75, 3.05) is 43.7 Å². The van der Waals surface area contributed by atoms with Crippen LogP contribution in [0.4, 0.5) is 16.3 Å². The number of aromatic amines is 2. The van der Waals surface area contributed by atoms with E-state index in [4.69, 9.17) is 32.1 Å². The number of aliphatic hydroxyl groups is 1. The number of aliphatic hydroxyl groups excluding tert-OH is 1. The fourth-order valence-electron chi connectivity index (χ4n) is 6.92. The normalized spacial score (nSPS) is 24.6. The summed E-state index contributed by atoms with van der Waals surface area (Å²) >= 11 is 0. The number of phosphoric acid groups is 1. The van der Waals surface area contributed by atoms with E-state index < -0.39 is 112 Å². The fourth-order valence-corrected chi connectivity index (χ4v) is 10.5. The van der Waals surface area contributed by atoms with Crippen LogP contribution < -0.4 is 21.8 Å². The van der Waals surface area contributed by atoms with Crippen LogP contribution in [0.2, 0.25) is 0 Å². The number of nitrogens with zero attached hydrogens (tertiary/aromatic N) is 8. The zero-order chi connectivity index (χ0) is 48.8. The first-order chi connectivity index (χ1) is 31.8. The number of anilines is 2. The van der Waals surface area contributed by atoms with Crippen molar-refractivity contribution < 1.29 is 60.3 Å². The molecule has 0 bridgehead atoms. The third kappa shape index (κ3) is 10.8. The number of carbonyl (C=O) groups is 2. The Balaban J connectivity index is 1.34. The number of H-pyrrole nitrogens is 2. The van der Waals surface area contributed by atoms with E-state index in [1.54, 1.807) is 27.7 Å². The van der Waals surface area contributed by atoms with Crippen molar-refractivity contribution in [2.45, 2.75) is 96.0 Å². The first-order valence-electron chi connectivity index (χ1n) is 20.7. The average Bonchev–Trinajstić information content (AvgIpc) is 4.06. The molecule has 2 aliphatic rings. The summed E-state index contributed by atoms with van der Waals surface area (Å²) in [5.74, 6) is -2.39. The minimum Gasteiger partial charge on any atom is -0.394 e. The van der Waals surface area contributed by atoms with Crippen molar-refractivity contribution in [1.82, 2.24) is 39.0 Å². The summed E-state index contributed by atoms with van der Waals surface area (Å²) in [5, 5.41) is 32.1. The molecule has 0 spiro atoms. The van der Waals surface area contributed by atoms with Gasteiger partial charge in [0.25, 0.3) is 11.1 Å². The van der Waals surface area contributed by atoms with Gasteiger partial charge < -0.3 is 23.6 Å². The van der Waals surface area contributed by atoms with Crippen LogP contribution in [0.3, 0.4) is 0 Å². The molecule has 0 aliphatic carbocycles. The first-order valence-corrected chi connectivity index (χ1v) is 23.8. The molecule has 4 aromatic rings. The van der Waals surface area contributed by atoms with E-state index in [0.717, 1.165) is 10.9 Å². The summed E-state index contributed by atoms with van der Waals surface area (Å²) in [6.07, 6.45) is -7.53. The van der Waals surface area contributed by atoms with Crippen molar-refractivity contribution >= 4 is 61.5 Å². The van der Waals surface area contributed by atoms with Gasteiger partial charge in [-0.05, 0) is 6.92 Å². The highest BCUT2D eigenvalue weighted by atomic mass is 31.2. The fraction of sp³-hybridized carbons (Fsp3) is 0.579. The monoisotopic (exact) mass is 978 g/mol.